The predicted octanol–water partition coefficient (Wildman–Crippen LogP) is 5.20. The third-order valence-corrected chi connectivity index (χ3v) is 4.77. The first-order valence-electron chi connectivity index (χ1n) is 11.2. The molecule has 0 aromatic carbocycles. The van der Waals surface area contributed by atoms with Gasteiger partial charge in [0.15, 0.2) is 11.4 Å². The maximum absolute atomic E-state index is 11.7. The largest absolute Gasteiger partial charge is 0.393 e. The van der Waals surface area contributed by atoms with Gasteiger partial charge >= 0.3 is 0 Å². The number of carbonyl (C=O) groups excluding carboxylic acids is 1. The molecule has 166 valence electrons. The van der Waals surface area contributed by atoms with Gasteiger partial charge in [0.2, 0.25) is 0 Å². The summed E-state index contributed by atoms with van der Waals surface area (Å²) in [5.74, 6) is -0.486. The summed E-state index contributed by atoms with van der Waals surface area (Å²) in [7, 11) is 0. The fourth-order valence-corrected chi connectivity index (χ4v) is 2.74. The highest BCUT2D eigenvalue weighted by molar-refractivity contribution is 5.87. The second-order valence-corrected chi connectivity index (χ2v) is 7.46. The molecule has 0 aromatic rings. The third-order valence-electron chi connectivity index (χ3n) is 4.77. The monoisotopic (exact) mass is 406 g/mol. The van der Waals surface area contributed by atoms with Crippen LogP contribution < -0.4 is 0 Å². The van der Waals surface area contributed by atoms with Crippen molar-refractivity contribution in [1.29, 1.82) is 0 Å². The molecule has 0 aliphatic heterocycles. The lowest BCUT2D eigenvalue weighted by atomic mass is 9.96. The predicted molar refractivity (Wildman–Crippen MR) is 122 cm³/mol. The van der Waals surface area contributed by atoms with Crippen LogP contribution in [0, 0.1) is 0 Å². The number of allylic oxidation sites excluding steroid dienone is 8. The molecule has 0 rings (SSSR count). The zero-order chi connectivity index (χ0) is 21.6. The maximum atomic E-state index is 11.7. The molecule has 0 heterocycles. The number of carbonyl (C=O) groups is 1. The molecule has 0 saturated heterocycles. The number of rotatable bonds is 19. The first-order valence-corrected chi connectivity index (χ1v) is 11.2. The van der Waals surface area contributed by atoms with Crippen molar-refractivity contribution in [3.05, 3.63) is 48.6 Å². The van der Waals surface area contributed by atoms with Crippen molar-refractivity contribution in [2.75, 3.05) is 13.2 Å². The Morgan fingerprint density at radius 2 is 1.14 bits per heavy atom. The van der Waals surface area contributed by atoms with Crippen LogP contribution in [0.5, 0.6) is 0 Å². The molecule has 0 aliphatic carbocycles. The number of aliphatic hydroxyl groups is 3. The summed E-state index contributed by atoms with van der Waals surface area (Å²) in [5.41, 5.74) is -1.98. The van der Waals surface area contributed by atoms with Gasteiger partial charge in [0.05, 0.1) is 13.2 Å². The Morgan fingerprint density at radius 1 is 0.690 bits per heavy atom. The van der Waals surface area contributed by atoms with Gasteiger partial charge in [0.25, 0.3) is 0 Å². The molecule has 3 N–H and O–H groups in total. The molecule has 0 aliphatic rings. The number of hydrogen-bond acceptors (Lipinski definition) is 4. The molecular weight excluding hydrogens is 364 g/mol. The lowest BCUT2D eigenvalue weighted by Crippen LogP contribution is -2.45. The normalized spacial score (nSPS) is 13.0. The highest BCUT2D eigenvalue weighted by atomic mass is 16.4. The Morgan fingerprint density at radius 3 is 1.59 bits per heavy atom. The van der Waals surface area contributed by atoms with Crippen molar-refractivity contribution >= 4 is 5.78 Å². The molecule has 0 radical (unpaired) electrons. The highest BCUT2D eigenvalue weighted by Crippen LogP contribution is 2.12. The molecule has 0 atom stereocenters. The molecule has 0 unspecified atom stereocenters. The summed E-state index contributed by atoms with van der Waals surface area (Å²) in [4.78, 5) is 11.7. The van der Waals surface area contributed by atoms with Crippen LogP contribution in [-0.4, -0.2) is 39.9 Å². The third kappa shape index (κ3) is 16.0. The van der Waals surface area contributed by atoms with Crippen LogP contribution >= 0.6 is 0 Å². The molecular formula is C25H42O4. The van der Waals surface area contributed by atoms with E-state index in [2.05, 4.69) is 55.5 Å². The highest BCUT2D eigenvalue weighted by Gasteiger charge is 2.33. The number of unbranched alkanes of at least 4 members (excludes halogenated alkanes) is 6. The summed E-state index contributed by atoms with van der Waals surface area (Å²) in [6, 6.07) is 0. The number of ketones is 1. The molecule has 29 heavy (non-hydrogen) atoms. The zero-order valence-electron chi connectivity index (χ0n) is 18.3. The number of aliphatic hydroxyl groups excluding tert-OH is 2. The summed E-state index contributed by atoms with van der Waals surface area (Å²) < 4.78 is 0. The van der Waals surface area contributed by atoms with E-state index >= 15 is 0 Å². The first kappa shape index (κ1) is 27.5. The Hall–Kier alpha value is -1.49. The van der Waals surface area contributed by atoms with Gasteiger partial charge in [0.1, 0.15) is 0 Å². The van der Waals surface area contributed by atoms with Gasteiger partial charge in [-0.25, -0.2) is 0 Å². The minimum Gasteiger partial charge on any atom is -0.393 e. The van der Waals surface area contributed by atoms with Crippen LogP contribution in [0.2, 0.25) is 0 Å². The van der Waals surface area contributed by atoms with Crippen molar-refractivity contribution in [3.63, 3.8) is 0 Å². The Bertz CT molecular complexity index is 499. The second kappa shape index (κ2) is 19.8. The molecule has 0 saturated carbocycles. The van der Waals surface area contributed by atoms with Gasteiger partial charge in [-0.2, -0.15) is 0 Å². The van der Waals surface area contributed by atoms with E-state index in [1.54, 1.807) is 0 Å². The van der Waals surface area contributed by atoms with Crippen molar-refractivity contribution in [3.8, 4) is 0 Å². The summed E-state index contributed by atoms with van der Waals surface area (Å²) >= 11 is 0. The van der Waals surface area contributed by atoms with Crippen molar-refractivity contribution in [2.24, 2.45) is 0 Å². The van der Waals surface area contributed by atoms with Gasteiger partial charge in [-0.05, 0) is 51.4 Å². The number of hydrogen-bond donors (Lipinski definition) is 3. The molecule has 0 amide bonds. The van der Waals surface area contributed by atoms with Gasteiger partial charge < -0.3 is 15.3 Å². The summed E-state index contributed by atoms with van der Waals surface area (Å²) in [6.07, 6.45) is 29.3. The fourth-order valence-electron chi connectivity index (χ4n) is 2.74. The van der Waals surface area contributed by atoms with Crippen molar-refractivity contribution in [1.82, 2.24) is 0 Å². The lowest BCUT2D eigenvalue weighted by molar-refractivity contribution is -0.146. The average molecular weight is 407 g/mol. The van der Waals surface area contributed by atoms with E-state index < -0.39 is 24.6 Å². The van der Waals surface area contributed by atoms with Crippen LogP contribution in [0.15, 0.2) is 48.6 Å². The van der Waals surface area contributed by atoms with Crippen LogP contribution in [0.4, 0.5) is 0 Å². The van der Waals surface area contributed by atoms with Crippen LogP contribution in [0.1, 0.15) is 84.0 Å². The van der Waals surface area contributed by atoms with Crippen LogP contribution in [-0.2, 0) is 4.79 Å². The Labute approximate surface area is 177 Å². The standard InChI is InChI=1S/C25H42O4/c1-2-3-4-5-6-7-8-9-10-11-12-13-14-15-16-17-18-19-20-21-24(28)25(29,22-26)23-27/h6-7,9-10,12-13,15-16,26-27,29H,2-5,8,11,14,17-23H2,1H3/b7-6-,10-9-,13-12-,16-15-. The van der Waals surface area contributed by atoms with Gasteiger partial charge in [-0.15, -0.1) is 0 Å². The topological polar surface area (TPSA) is 77.8 Å². The van der Waals surface area contributed by atoms with E-state index in [1.807, 2.05) is 0 Å². The van der Waals surface area contributed by atoms with Crippen LogP contribution in [0.25, 0.3) is 0 Å². The summed E-state index contributed by atoms with van der Waals surface area (Å²) in [6.45, 7) is 0.765. The molecule has 4 nitrogen and oxygen atoms in total. The molecule has 0 fully saturated rings. The average Bonchev–Trinajstić information content (AvgIpc) is 2.74. The second-order valence-electron chi connectivity index (χ2n) is 7.46. The molecule has 4 heteroatoms. The van der Waals surface area contributed by atoms with Crippen LogP contribution in [0.3, 0.4) is 0 Å². The molecule has 0 spiro atoms. The first-order chi connectivity index (χ1) is 14.1. The van der Waals surface area contributed by atoms with Gasteiger partial charge in [-0.1, -0.05) is 74.8 Å². The molecule has 0 bridgehead atoms. The zero-order valence-corrected chi connectivity index (χ0v) is 18.3. The quantitative estimate of drug-likeness (QED) is 0.204. The fraction of sp³-hybridized carbons (Fsp3) is 0.640. The number of Topliss-reactive ketones (excluding diaryl/α,β-unsaturated/α-hetero) is 1. The Balaban J connectivity index is 3.58. The van der Waals surface area contributed by atoms with Crippen molar-refractivity contribution < 1.29 is 20.1 Å². The van der Waals surface area contributed by atoms with E-state index in [0.29, 0.717) is 6.42 Å². The van der Waals surface area contributed by atoms with Crippen molar-refractivity contribution in [2.45, 2.75) is 89.6 Å². The summed E-state index contributed by atoms with van der Waals surface area (Å²) in [5, 5.41) is 27.6. The van der Waals surface area contributed by atoms with Gasteiger partial charge in [-0.3, -0.25) is 4.79 Å². The maximum Gasteiger partial charge on any atom is 0.169 e. The van der Waals surface area contributed by atoms with E-state index in [1.165, 1.54) is 25.7 Å². The minimum atomic E-state index is -1.98. The molecule has 0 aromatic heterocycles. The smallest absolute Gasteiger partial charge is 0.169 e. The Kier molecular flexibility index (Phi) is 18.8. The lowest BCUT2D eigenvalue weighted by Gasteiger charge is -2.21. The van der Waals surface area contributed by atoms with E-state index in [4.69, 9.17) is 10.2 Å². The van der Waals surface area contributed by atoms with E-state index in [9.17, 15) is 9.90 Å². The van der Waals surface area contributed by atoms with E-state index in [0.717, 1.165) is 38.5 Å². The minimum absolute atomic E-state index is 0.187. The van der Waals surface area contributed by atoms with E-state index in [-0.39, 0.29) is 6.42 Å². The van der Waals surface area contributed by atoms with Gasteiger partial charge in [0, 0.05) is 6.42 Å². The SMILES string of the molecule is CCCCC/C=C\C/C=C\C/C=C\C/C=C\CCCCCC(=O)C(O)(CO)CO.